The second kappa shape index (κ2) is 11.0. The number of carbonyl (C=O) groups is 2. The number of carbonyl (C=O) groups excluding carboxylic acids is 2. The molecule has 0 N–H and O–H groups in total. The Balaban J connectivity index is 4.12. The van der Waals surface area contributed by atoms with Crippen molar-refractivity contribution < 1.29 is 23.8 Å². The Labute approximate surface area is 109 Å². The molecule has 0 aromatic carbocycles. The van der Waals surface area contributed by atoms with Crippen molar-refractivity contribution in [3.05, 3.63) is 0 Å². The molecule has 0 aliphatic carbocycles. The van der Waals surface area contributed by atoms with Crippen molar-refractivity contribution in [3.63, 3.8) is 0 Å². The van der Waals surface area contributed by atoms with Crippen molar-refractivity contribution in [1.29, 1.82) is 0 Å². The zero-order valence-electron chi connectivity index (χ0n) is 11.6. The molecular weight excluding hydrogens is 236 g/mol. The highest BCUT2D eigenvalue weighted by atomic mass is 16.5. The van der Waals surface area contributed by atoms with Gasteiger partial charge < -0.3 is 14.2 Å². The lowest BCUT2D eigenvalue weighted by Gasteiger charge is -2.14. The maximum atomic E-state index is 11.6. The molecule has 0 aliphatic heterocycles. The maximum Gasteiger partial charge on any atom is 0.311 e. The van der Waals surface area contributed by atoms with Crippen molar-refractivity contribution >= 4 is 11.9 Å². The first-order valence-corrected chi connectivity index (χ1v) is 6.55. The monoisotopic (exact) mass is 260 g/mol. The van der Waals surface area contributed by atoms with E-state index in [0.717, 1.165) is 12.8 Å². The summed E-state index contributed by atoms with van der Waals surface area (Å²) in [5.74, 6) is -1.35. The van der Waals surface area contributed by atoms with Crippen LogP contribution in [0, 0.1) is 5.92 Å². The van der Waals surface area contributed by atoms with Crippen LogP contribution in [0.1, 0.15) is 40.0 Å². The van der Waals surface area contributed by atoms with Crippen molar-refractivity contribution in [2.24, 2.45) is 5.92 Å². The molecule has 0 saturated carbocycles. The zero-order valence-corrected chi connectivity index (χ0v) is 11.6. The van der Waals surface area contributed by atoms with Gasteiger partial charge in [0.05, 0.1) is 32.2 Å². The molecule has 0 spiro atoms. The van der Waals surface area contributed by atoms with Crippen LogP contribution in [0.5, 0.6) is 0 Å². The van der Waals surface area contributed by atoms with Gasteiger partial charge in [-0.2, -0.15) is 0 Å². The van der Waals surface area contributed by atoms with Gasteiger partial charge in [0, 0.05) is 6.61 Å². The van der Waals surface area contributed by atoms with E-state index in [4.69, 9.17) is 14.2 Å². The van der Waals surface area contributed by atoms with Gasteiger partial charge in [0.25, 0.3) is 0 Å². The SMILES string of the molecule is CCCCOC(=O)CC(COCC)C(=O)OCC. The number of unbranched alkanes of at least 4 members (excludes halogenated alkanes) is 1. The Hall–Kier alpha value is -1.10. The van der Waals surface area contributed by atoms with Crippen molar-refractivity contribution in [2.75, 3.05) is 26.4 Å². The van der Waals surface area contributed by atoms with Crippen LogP contribution in [0.2, 0.25) is 0 Å². The molecule has 1 unspecified atom stereocenters. The van der Waals surface area contributed by atoms with E-state index in [9.17, 15) is 9.59 Å². The van der Waals surface area contributed by atoms with Crippen molar-refractivity contribution in [2.45, 2.75) is 40.0 Å². The molecule has 5 nitrogen and oxygen atoms in total. The molecule has 0 fully saturated rings. The molecule has 0 bridgehead atoms. The summed E-state index contributed by atoms with van der Waals surface area (Å²) in [5, 5.41) is 0. The molecule has 106 valence electrons. The van der Waals surface area contributed by atoms with Crippen molar-refractivity contribution in [1.82, 2.24) is 0 Å². The van der Waals surface area contributed by atoms with Crippen LogP contribution in [0.25, 0.3) is 0 Å². The lowest BCUT2D eigenvalue weighted by molar-refractivity contribution is -0.157. The van der Waals surface area contributed by atoms with Gasteiger partial charge in [-0.25, -0.2) is 0 Å². The fourth-order valence-corrected chi connectivity index (χ4v) is 1.32. The quantitative estimate of drug-likeness (QED) is 0.443. The Kier molecular flexibility index (Phi) is 10.3. The minimum absolute atomic E-state index is 0.0164. The van der Waals surface area contributed by atoms with Crippen molar-refractivity contribution in [3.8, 4) is 0 Å². The highest BCUT2D eigenvalue weighted by molar-refractivity contribution is 5.80. The van der Waals surface area contributed by atoms with E-state index in [1.54, 1.807) is 6.92 Å². The largest absolute Gasteiger partial charge is 0.466 e. The van der Waals surface area contributed by atoms with Gasteiger partial charge in [-0.15, -0.1) is 0 Å². The van der Waals surface area contributed by atoms with E-state index < -0.39 is 11.9 Å². The highest BCUT2D eigenvalue weighted by Crippen LogP contribution is 2.09. The van der Waals surface area contributed by atoms with Crippen LogP contribution in [0.4, 0.5) is 0 Å². The topological polar surface area (TPSA) is 61.8 Å². The summed E-state index contributed by atoms with van der Waals surface area (Å²) in [7, 11) is 0. The molecule has 0 rings (SSSR count). The second-order valence-electron chi connectivity index (χ2n) is 3.89. The average Bonchev–Trinajstić information content (AvgIpc) is 2.35. The summed E-state index contributed by atoms with van der Waals surface area (Å²) in [6.45, 7) is 6.98. The van der Waals surface area contributed by atoms with Crippen LogP contribution < -0.4 is 0 Å². The second-order valence-corrected chi connectivity index (χ2v) is 3.89. The van der Waals surface area contributed by atoms with Crippen LogP contribution in [-0.2, 0) is 23.8 Å². The van der Waals surface area contributed by atoms with Gasteiger partial charge >= 0.3 is 11.9 Å². The normalized spacial score (nSPS) is 11.9. The lowest BCUT2D eigenvalue weighted by atomic mass is 10.1. The Morgan fingerprint density at radius 2 is 1.78 bits per heavy atom. The number of hydrogen-bond donors (Lipinski definition) is 0. The molecule has 0 amide bonds. The molecule has 0 radical (unpaired) electrons. The summed E-state index contributed by atoms with van der Waals surface area (Å²) in [4.78, 5) is 23.1. The van der Waals surface area contributed by atoms with Gasteiger partial charge in [0.15, 0.2) is 0 Å². The number of rotatable bonds is 10. The first-order chi connectivity index (χ1) is 8.65. The van der Waals surface area contributed by atoms with Crippen LogP contribution in [-0.4, -0.2) is 38.4 Å². The predicted octanol–water partition coefficient (Wildman–Crippen LogP) is 1.94. The maximum absolute atomic E-state index is 11.6. The van der Waals surface area contributed by atoms with Crippen LogP contribution >= 0.6 is 0 Å². The van der Waals surface area contributed by atoms with E-state index >= 15 is 0 Å². The zero-order chi connectivity index (χ0) is 13.8. The van der Waals surface area contributed by atoms with E-state index in [0.29, 0.717) is 19.8 Å². The molecule has 0 saturated heterocycles. The number of hydrogen-bond acceptors (Lipinski definition) is 5. The predicted molar refractivity (Wildman–Crippen MR) is 67.1 cm³/mol. The summed E-state index contributed by atoms with van der Waals surface area (Å²) in [6, 6.07) is 0. The summed E-state index contributed by atoms with van der Waals surface area (Å²) in [6.07, 6.45) is 1.82. The highest BCUT2D eigenvalue weighted by Gasteiger charge is 2.24. The molecule has 0 aliphatic rings. The summed E-state index contributed by atoms with van der Waals surface area (Å²) < 4.78 is 15.1. The first-order valence-electron chi connectivity index (χ1n) is 6.55. The van der Waals surface area contributed by atoms with Gasteiger partial charge in [0.1, 0.15) is 0 Å². The van der Waals surface area contributed by atoms with Crippen LogP contribution in [0.3, 0.4) is 0 Å². The standard InChI is InChI=1S/C13H24O5/c1-4-7-8-18-12(14)9-11(10-16-5-2)13(15)17-6-3/h11H,4-10H2,1-3H3. The fourth-order valence-electron chi connectivity index (χ4n) is 1.32. The van der Waals surface area contributed by atoms with Gasteiger partial charge in [0.2, 0.25) is 0 Å². The minimum atomic E-state index is -0.570. The molecule has 5 heteroatoms. The Morgan fingerprint density at radius 3 is 2.33 bits per heavy atom. The van der Waals surface area contributed by atoms with E-state index in [2.05, 4.69) is 0 Å². The number of esters is 2. The van der Waals surface area contributed by atoms with Gasteiger partial charge in [-0.1, -0.05) is 13.3 Å². The Bertz CT molecular complexity index is 240. The molecular formula is C13H24O5. The smallest absolute Gasteiger partial charge is 0.311 e. The molecule has 18 heavy (non-hydrogen) atoms. The summed E-state index contributed by atoms with van der Waals surface area (Å²) >= 11 is 0. The van der Waals surface area contributed by atoms with E-state index in [1.165, 1.54) is 0 Å². The minimum Gasteiger partial charge on any atom is -0.466 e. The van der Waals surface area contributed by atoms with E-state index in [1.807, 2.05) is 13.8 Å². The first kappa shape index (κ1) is 16.9. The number of ether oxygens (including phenoxy) is 3. The third-order valence-corrected chi connectivity index (χ3v) is 2.32. The van der Waals surface area contributed by atoms with Crippen LogP contribution in [0.15, 0.2) is 0 Å². The fraction of sp³-hybridized carbons (Fsp3) is 0.846. The molecule has 0 aromatic rings. The molecule has 0 heterocycles. The third-order valence-electron chi connectivity index (χ3n) is 2.32. The van der Waals surface area contributed by atoms with Gasteiger partial charge in [-0.05, 0) is 20.3 Å². The van der Waals surface area contributed by atoms with E-state index in [-0.39, 0.29) is 19.0 Å². The molecule has 0 aromatic heterocycles. The van der Waals surface area contributed by atoms with Gasteiger partial charge in [-0.3, -0.25) is 9.59 Å². The Morgan fingerprint density at radius 1 is 1.06 bits per heavy atom. The lowest BCUT2D eigenvalue weighted by Crippen LogP contribution is -2.26. The molecule has 1 atom stereocenters. The third kappa shape index (κ3) is 8.06. The summed E-state index contributed by atoms with van der Waals surface area (Å²) in [5.41, 5.74) is 0. The average molecular weight is 260 g/mol.